The number of aryl methyl sites for hydroxylation is 1. The van der Waals surface area contributed by atoms with Crippen LogP contribution < -0.4 is 10.6 Å². The summed E-state index contributed by atoms with van der Waals surface area (Å²) < 4.78 is 5.49. The van der Waals surface area contributed by atoms with Crippen LogP contribution in [0.25, 0.3) is 22.5 Å². The molecule has 2 aliphatic carbocycles. The molecule has 0 spiro atoms. The highest BCUT2D eigenvalue weighted by Crippen LogP contribution is 2.44. The number of H-pyrrole nitrogens is 1. The van der Waals surface area contributed by atoms with E-state index in [-0.39, 0.29) is 6.04 Å². The van der Waals surface area contributed by atoms with Crippen molar-refractivity contribution >= 4 is 11.7 Å². The fraction of sp³-hybridized carbons (Fsp3) is 0.385. The number of fused-ring (bicyclic) bond motifs is 3. The van der Waals surface area contributed by atoms with Gasteiger partial charge >= 0.3 is 5.97 Å². The van der Waals surface area contributed by atoms with Gasteiger partial charge < -0.3 is 25.5 Å². The van der Waals surface area contributed by atoms with Crippen LogP contribution in [-0.2, 0) is 17.6 Å². The summed E-state index contributed by atoms with van der Waals surface area (Å²) in [5.41, 5.74) is 14.6. The molecule has 2 fully saturated rings. The van der Waals surface area contributed by atoms with Gasteiger partial charge in [-0.1, -0.05) is 12.1 Å². The first-order chi connectivity index (χ1) is 16.1. The van der Waals surface area contributed by atoms with Gasteiger partial charge in [-0.2, -0.15) is 0 Å². The first kappa shape index (κ1) is 20.4. The van der Waals surface area contributed by atoms with E-state index in [1.807, 2.05) is 6.20 Å². The van der Waals surface area contributed by atoms with Crippen LogP contribution in [-0.4, -0.2) is 47.3 Å². The Balaban J connectivity index is 1.41. The van der Waals surface area contributed by atoms with E-state index in [1.54, 1.807) is 0 Å². The van der Waals surface area contributed by atoms with Gasteiger partial charge in [0, 0.05) is 47.8 Å². The fourth-order valence-corrected chi connectivity index (χ4v) is 5.24. The van der Waals surface area contributed by atoms with Gasteiger partial charge in [-0.05, 0) is 60.9 Å². The Morgan fingerprint density at radius 2 is 2.03 bits per heavy atom. The number of morpholine rings is 1. The van der Waals surface area contributed by atoms with Gasteiger partial charge in [-0.15, -0.1) is 0 Å². The van der Waals surface area contributed by atoms with E-state index in [1.165, 1.54) is 5.69 Å². The third kappa shape index (κ3) is 3.61. The van der Waals surface area contributed by atoms with Gasteiger partial charge in [0.2, 0.25) is 0 Å². The largest absolute Gasteiger partial charge is 0.478 e. The lowest BCUT2D eigenvalue weighted by atomic mass is 9.88. The number of aromatic amines is 1. The lowest BCUT2D eigenvalue weighted by Crippen LogP contribution is -2.36. The van der Waals surface area contributed by atoms with Crippen molar-refractivity contribution in [2.45, 2.75) is 31.7 Å². The standard InChI is InChI=1S/C26H28N4O3/c27-23(15-4-5-15)25-22(26(31)32)19-7-6-17-14-28-21(13-20(17)24(19)29-25)16-2-1-3-18(12-16)30-8-10-33-11-9-30/h1-3,12-15,23,29H,4-11,27H2,(H,31,32). The molecule has 1 unspecified atom stereocenters. The Labute approximate surface area is 192 Å². The first-order valence-electron chi connectivity index (χ1n) is 11.8. The molecule has 1 aliphatic heterocycles. The molecule has 3 aliphatic rings. The molecule has 1 atom stereocenters. The van der Waals surface area contributed by atoms with Crippen LogP contribution in [0.2, 0.25) is 0 Å². The Morgan fingerprint density at radius 3 is 2.79 bits per heavy atom. The van der Waals surface area contributed by atoms with Gasteiger partial charge in [-0.25, -0.2) is 4.79 Å². The molecule has 3 heterocycles. The summed E-state index contributed by atoms with van der Waals surface area (Å²) in [6.45, 7) is 3.26. The summed E-state index contributed by atoms with van der Waals surface area (Å²) in [6, 6.07) is 10.3. The van der Waals surface area contributed by atoms with E-state index >= 15 is 0 Å². The molecule has 0 amide bonds. The van der Waals surface area contributed by atoms with E-state index in [0.717, 1.165) is 79.2 Å². The van der Waals surface area contributed by atoms with Crippen LogP contribution in [0.5, 0.6) is 0 Å². The zero-order valence-electron chi connectivity index (χ0n) is 18.5. The van der Waals surface area contributed by atoms with Crippen molar-refractivity contribution < 1.29 is 14.6 Å². The molecule has 1 saturated carbocycles. The highest BCUT2D eigenvalue weighted by Gasteiger charge is 2.36. The quantitative estimate of drug-likeness (QED) is 0.553. The average Bonchev–Trinajstić information content (AvgIpc) is 3.62. The zero-order chi connectivity index (χ0) is 22.5. The second kappa shape index (κ2) is 8.01. The van der Waals surface area contributed by atoms with Crippen molar-refractivity contribution in [2.75, 3.05) is 31.2 Å². The van der Waals surface area contributed by atoms with Crippen molar-refractivity contribution in [3.8, 4) is 22.5 Å². The Morgan fingerprint density at radius 1 is 1.21 bits per heavy atom. The predicted molar refractivity (Wildman–Crippen MR) is 127 cm³/mol. The number of aromatic carboxylic acids is 1. The molecule has 0 radical (unpaired) electrons. The lowest BCUT2D eigenvalue weighted by Gasteiger charge is -2.29. The number of pyridine rings is 1. The van der Waals surface area contributed by atoms with Crippen molar-refractivity contribution in [1.29, 1.82) is 0 Å². The third-order valence-electron chi connectivity index (χ3n) is 7.23. The Bertz CT molecular complexity index is 1220. The molecule has 7 heteroatoms. The SMILES string of the molecule is NC(c1[nH]c2c(c1C(=O)O)CCc1cnc(-c3cccc(N4CCOCC4)c3)cc1-2)C1CC1. The van der Waals surface area contributed by atoms with E-state index < -0.39 is 5.97 Å². The third-order valence-corrected chi connectivity index (χ3v) is 7.23. The Hall–Kier alpha value is -3.16. The average molecular weight is 445 g/mol. The molecule has 170 valence electrons. The number of nitrogens with two attached hydrogens (primary N) is 1. The summed E-state index contributed by atoms with van der Waals surface area (Å²) in [5, 5.41) is 10.00. The zero-order valence-corrected chi connectivity index (χ0v) is 18.5. The van der Waals surface area contributed by atoms with Gasteiger partial charge in [0.1, 0.15) is 0 Å². The fourth-order valence-electron chi connectivity index (χ4n) is 5.24. The topological polar surface area (TPSA) is 104 Å². The maximum atomic E-state index is 12.2. The van der Waals surface area contributed by atoms with Gasteiger partial charge in [0.15, 0.2) is 0 Å². The normalized spacial score (nSPS) is 18.5. The van der Waals surface area contributed by atoms with Crippen LogP contribution in [0.1, 0.15) is 46.1 Å². The van der Waals surface area contributed by atoms with E-state index in [9.17, 15) is 9.90 Å². The number of hydrogen-bond donors (Lipinski definition) is 3. The number of nitrogens with zero attached hydrogens (tertiary/aromatic N) is 2. The maximum Gasteiger partial charge on any atom is 0.337 e. The van der Waals surface area contributed by atoms with E-state index in [0.29, 0.717) is 23.6 Å². The molecular formula is C26H28N4O3. The second-order valence-electron chi connectivity index (χ2n) is 9.31. The first-order valence-corrected chi connectivity index (χ1v) is 11.8. The van der Waals surface area contributed by atoms with Crippen LogP contribution in [0.15, 0.2) is 36.5 Å². The summed E-state index contributed by atoms with van der Waals surface area (Å²) >= 11 is 0. The summed E-state index contributed by atoms with van der Waals surface area (Å²) in [6.07, 6.45) is 5.53. The molecule has 0 bridgehead atoms. The minimum absolute atomic E-state index is 0.253. The van der Waals surface area contributed by atoms with Crippen molar-refractivity contribution in [3.63, 3.8) is 0 Å². The van der Waals surface area contributed by atoms with Crippen molar-refractivity contribution in [3.05, 3.63) is 58.9 Å². The van der Waals surface area contributed by atoms with Gasteiger partial charge in [-0.3, -0.25) is 4.98 Å². The van der Waals surface area contributed by atoms with Crippen LogP contribution >= 0.6 is 0 Å². The number of carboxylic acids is 1. The molecule has 2 aromatic heterocycles. The minimum Gasteiger partial charge on any atom is -0.478 e. The summed E-state index contributed by atoms with van der Waals surface area (Å²) in [4.78, 5) is 22.7. The molecule has 33 heavy (non-hydrogen) atoms. The molecular weight excluding hydrogens is 416 g/mol. The number of hydrogen-bond acceptors (Lipinski definition) is 5. The number of carboxylic acid groups (broad SMARTS) is 1. The van der Waals surface area contributed by atoms with Crippen LogP contribution in [0, 0.1) is 5.92 Å². The molecule has 1 aromatic carbocycles. The number of nitrogens with one attached hydrogen (secondary N) is 1. The van der Waals surface area contributed by atoms with E-state index in [2.05, 4.69) is 40.2 Å². The van der Waals surface area contributed by atoms with Crippen molar-refractivity contribution in [2.24, 2.45) is 11.7 Å². The predicted octanol–water partition coefficient (Wildman–Crippen LogP) is 3.79. The molecule has 4 N–H and O–H groups in total. The van der Waals surface area contributed by atoms with E-state index in [4.69, 9.17) is 15.5 Å². The molecule has 7 nitrogen and oxygen atoms in total. The van der Waals surface area contributed by atoms with Gasteiger partial charge in [0.05, 0.1) is 30.2 Å². The number of benzene rings is 1. The smallest absolute Gasteiger partial charge is 0.337 e. The number of rotatable bonds is 5. The molecule has 6 rings (SSSR count). The minimum atomic E-state index is -0.894. The lowest BCUT2D eigenvalue weighted by molar-refractivity contribution is 0.0694. The molecule has 1 saturated heterocycles. The monoisotopic (exact) mass is 444 g/mol. The van der Waals surface area contributed by atoms with Crippen LogP contribution in [0.4, 0.5) is 5.69 Å². The molecule has 3 aromatic rings. The van der Waals surface area contributed by atoms with Gasteiger partial charge in [0.25, 0.3) is 0 Å². The maximum absolute atomic E-state index is 12.2. The number of aromatic nitrogens is 2. The Kier molecular flexibility index (Phi) is 4.96. The highest BCUT2D eigenvalue weighted by atomic mass is 16.5. The second-order valence-corrected chi connectivity index (χ2v) is 9.31. The highest BCUT2D eigenvalue weighted by molar-refractivity contribution is 5.95. The van der Waals surface area contributed by atoms with Crippen LogP contribution in [0.3, 0.4) is 0 Å². The number of ether oxygens (including phenoxy) is 1. The summed E-state index contributed by atoms with van der Waals surface area (Å²) in [7, 11) is 0. The summed E-state index contributed by atoms with van der Waals surface area (Å²) in [5.74, 6) is -0.520. The number of anilines is 1. The number of carbonyl (C=O) groups is 1. The van der Waals surface area contributed by atoms with Crippen molar-refractivity contribution in [1.82, 2.24) is 9.97 Å².